The van der Waals surface area contributed by atoms with E-state index in [0.717, 1.165) is 18.4 Å². The maximum absolute atomic E-state index is 12.2. The summed E-state index contributed by atoms with van der Waals surface area (Å²) in [4.78, 5) is 12.2. The number of carbonyl (C=O) groups excluding carboxylic acids is 1. The molecule has 0 unspecified atom stereocenters. The van der Waals surface area contributed by atoms with E-state index in [2.05, 4.69) is 19.2 Å². The van der Waals surface area contributed by atoms with E-state index in [0.29, 0.717) is 23.8 Å². The molecule has 0 bridgehead atoms. The number of hydrogen-bond acceptors (Lipinski definition) is 3. The standard InChI is InChI=1S/C17H27NO3/c1-12(2)6-7-13(3)18-17(19)14-8-9-15(11-20-4)16(10-14)21-5/h8-10,12-13H,6-7,11H2,1-5H3,(H,18,19)/t13-/m0/s1. The zero-order valence-electron chi connectivity index (χ0n) is 13.7. The molecule has 0 aliphatic carbocycles. The molecule has 4 nitrogen and oxygen atoms in total. The molecule has 0 aliphatic heterocycles. The third-order valence-electron chi connectivity index (χ3n) is 3.40. The third kappa shape index (κ3) is 5.76. The molecular formula is C17H27NO3. The van der Waals surface area contributed by atoms with Crippen LogP contribution in [0.25, 0.3) is 0 Å². The summed E-state index contributed by atoms with van der Waals surface area (Å²) >= 11 is 0. The van der Waals surface area contributed by atoms with Crippen LogP contribution in [0.3, 0.4) is 0 Å². The number of benzene rings is 1. The third-order valence-corrected chi connectivity index (χ3v) is 3.40. The fourth-order valence-corrected chi connectivity index (χ4v) is 2.12. The van der Waals surface area contributed by atoms with Gasteiger partial charge in [-0.3, -0.25) is 4.79 Å². The molecule has 1 N–H and O–H groups in total. The molecule has 0 heterocycles. The van der Waals surface area contributed by atoms with Gasteiger partial charge in [0, 0.05) is 24.3 Å². The summed E-state index contributed by atoms with van der Waals surface area (Å²) in [6.07, 6.45) is 2.10. The second kappa shape index (κ2) is 8.67. The summed E-state index contributed by atoms with van der Waals surface area (Å²) in [6, 6.07) is 5.61. The SMILES string of the molecule is COCc1ccc(C(=O)N[C@@H](C)CCC(C)C)cc1OC. The molecule has 0 aliphatic rings. The number of carbonyl (C=O) groups is 1. The van der Waals surface area contributed by atoms with Gasteiger partial charge in [0.05, 0.1) is 13.7 Å². The number of ether oxygens (including phenoxy) is 2. The highest BCUT2D eigenvalue weighted by Crippen LogP contribution is 2.21. The topological polar surface area (TPSA) is 47.6 Å². The van der Waals surface area contributed by atoms with Gasteiger partial charge in [0.15, 0.2) is 0 Å². The summed E-state index contributed by atoms with van der Waals surface area (Å²) in [5.74, 6) is 1.27. The van der Waals surface area contributed by atoms with Crippen molar-refractivity contribution in [2.24, 2.45) is 5.92 Å². The van der Waals surface area contributed by atoms with Crippen LogP contribution in [0, 0.1) is 5.92 Å². The molecule has 0 radical (unpaired) electrons. The first-order chi connectivity index (χ1) is 9.97. The Morgan fingerprint density at radius 2 is 1.90 bits per heavy atom. The van der Waals surface area contributed by atoms with Gasteiger partial charge in [-0.2, -0.15) is 0 Å². The van der Waals surface area contributed by atoms with Crippen molar-refractivity contribution < 1.29 is 14.3 Å². The minimum absolute atomic E-state index is 0.0616. The average molecular weight is 293 g/mol. The molecular weight excluding hydrogens is 266 g/mol. The fourth-order valence-electron chi connectivity index (χ4n) is 2.12. The van der Waals surface area contributed by atoms with Crippen LogP contribution in [-0.2, 0) is 11.3 Å². The van der Waals surface area contributed by atoms with Crippen LogP contribution in [0.5, 0.6) is 5.75 Å². The van der Waals surface area contributed by atoms with Gasteiger partial charge in [-0.1, -0.05) is 19.9 Å². The van der Waals surface area contributed by atoms with Crippen LogP contribution < -0.4 is 10.1 Å². The monoisotopic (exact) mass is 293 g/mol. The summed E-state index contributed by atoms with van der Waals surface area (Å²) in [5, 5.41) is 3.03. The lowest BCUT2D eigenvalue weighted by molar-refractivity contribution is 0.0936. The Labute approximate surface area is 127 Å². The first-order valence-corrected chi connectivity index (χ1v) is 7.44. The molecule has 1 atom stereocenters. The molecule has 0 fully saturated rings. The Bertz CT molecular complexity index is 457. The van der Waals surface area contributed by atoms with E-state index in [4.69, 9.17) is 9.47 Å². The van der Waals surface area contributed by atoms with Crippen LogP contribution in [0.15, 0.2) is 18.2 Å². The van der Waals surface area contributed by atoms with Gasteiger partial charge in [0.2, 0.25) is 0 Å². The lowest BCUT2D eigenvalue weighted by atomic mass is 10.0. The maximum atomic E-state index is 12.2. The van der Waals surface area contributed by atoms with Gasteiger partial charge in [-0.05, 0) is 37.8 Å². The fraction of sp³-hybridized carbons (Fsp3) is 0.588. The number of hydrogen-bond donors (Lipinski definition) is 1. The minimum Gasteiger partial charge on any atom is -0.496 e. The highest BCUT2D eigenvalue weighted by molar-refractivity contribution is 5.94. The molecule has 0 saturated carbocycles. The molecule has 1 rings (SSSR count). The van der Waals surface area contributed by atoms with Crippen molar-refractivity contribution in [2.75, 3.05) is 14.2 Å². The Hall–Kier alpha value is -1.55. The Morgan fingerprint density at radius 3 is 2.48 bits per heavy atom. The first kappa shape index (κ1) is 17.5. The van der Waals surface area contributed by atoms with Gasteiger partial charge in [-0.15, -0.1) is 0 Å². The van der Waals surface area contributed by atoms with Crippen molar-refractivity contribution in [2.45, 2.75) is 46.3 Å². The second-order valence-electron chi connectivity index (χ2n) is 5.81. The van der Waals surface area contributed by atoms with Gasteiger partial charge in [-0.25, -0.2) is 0 Å². The smallest absolute Gasteiger partial charge is 0.251 e. The van der Waals surface area contributed by atoms with E-state index in [1.807, 2.05) is 13.0 Å². The number of amides is 1. The van der Waals surface area contributed by atoms with Crippen LogP contribution in [-0.4, -0.2) is 26.2 Å². The van der Waals surface area contributed by atoms with Crippen molar-refractivity contribution in [1.29, 1.82) is 0 Å². The molecule has 118 valence electrons. The predicted octanol–water partition coefficient (Wildman–Crippen LogP) is 3.40. The van der Waals surface area contributed by atoms with E-state index >= 15 is 0 Å². The summed E-state index contributed by atoms with van der Waals surface area (Å²) < 4.78 is 10.4. The van der Waals surface area contributed by atoms with Crippen LogP contribution >= 0.6 is 0 Å². The molecule has 1 aromatic carbocycles. The molecule has 0 spiro atoms. The van der Waals surface area contributed by atoms with E-state index in [1.54, 1.807) is 26.4 Å². The lowest BCUT2D eigenvalue weighted by Gasteiger charge is -2.16. The van der Waals surface area contributed by atoms with Crippen LogP contribution in [0.2, 0.25) is 0 Å². The zero-order chi connectivity index (χ0) is 15.8. The van der Waals surface area contributed by atoms with Crippen molar-refractivity contribution in [3.63, 3.8) is 0 Å². The van der Waals surface area contributed by atoms with Crippen molar-refractivity contribution in [3.05, 3.63) is 29.3 Å². The molecule has 0 saturated heterocycles. The largest absolute Gasteiger partial charge is 0.496 e. The van der Waals surface area contributed by atoms with Crippen LogP contribution in [0.4, 0.5) is 0 Å². The van der Waals surface area contributed by atoms with E-state index in [1.165, 1.54) is 0 Å². The summed E-state index contributed by atoms with van der Waals surface area (Å²) in [6.45, 7) is 6.88. The van der Waals surface area contributed by atoms with Crippen molar-refractivity contribution in [1.82, 2.24) is 5.32 Å². The van der Waals surface area contributed by atoms with Gasteiger partial charge in [0.25, 0.3) is 5.91 Å². The quantitative estimate of drug-likeness (QED) is 0.799. The first-order valence-electron chi connectivity index (χ1n) is 7.44. The van der Waals surface area contributed by atoms with Gasteiger partial charge >= 0.3 is 0 Å². The van der Waals surface area contributed by atoms with Gasteiger partial charge < -0.3 is 14.8 Å². The number of nitrogens with one attached hydrogen (secondary N) is 1. The average Bonchev–Trinajstić information content (AvgIpc) is 2.45. The van der Waals surface area contributed by atoms with Crippen molar-refractivity contribution >= 4 is 5.91 Å². The highest BCUT2D eigenvalue weighted by atomic mass is 16.5. The predicted molar refractivity (Wildman–Crippen MR) is 84.7 cm³/mol. The number of methoxy groups -OCH3 is 2. The van der Waals surface area contributed by atoms with E-state index in [-0.39, 0.29) is 11.9 Å². The van der Waals surface area contributed by atoms with Gasteiger partial charge in [0.1, 0.15) is 5.75 Å². The zero-order valence-corrected chi connectivity index (χ0v) is 13.7. The molecule has 0 aromatic heterocycles. The Kier molecular flexibility index (Phi) is 7.23. The molecule has 21 heavy (non-hydrogen) atoms. The van der Waals surface area contributed by atoms with E-state index < -0.39 is 0 Å². The molecule has 4 heteroatoms. The number of rotatable bonds is 8. The van der Waals surface area contributed by atoms with Crippen LogP contribution in [0.1, 0.15) is 49.5 Å². The Morgan fingerprint density at radius 1 is 1.19 bits per heavy atom. The highest BCUT2D eigenvalue weighted by Gasteiger charge is 2.13. The molecule has 1 aromatic rings. The van der Waals surface area contributed by atoms with Crippen molar-refractivity contribution in [3.8, 4) is 5.75 Å². The maximum Gasteiger partial charge on any atom is 0.251 e. The minimum atomic E-state index is -0.0616. The normalized spacial score (nSPS) is 12.3. The molecule has 1 amide bonds. The summed E-state index contributed by atoms with van der Waals surface area (Å²) in [7, 11) is 3.23. The van der Waals surface area contributed by atoms with E-state index in [9.17, 15) is 4.79 Å². The lowest BCUT2D eigenvalue weighted by Crippen LogP contribution is -2.32. The summed E-state index contributed by atoms with van der Waals surface area (Å²) in [5.41, 5.74) is 1.55. The second-order valence-corrected chi connectivity index (χ2v) is 5.81. The Balaban J connectivity index is 2.69.